The van der Waals surface area contributed by atoms with Crippen LogP contribution in [0.2, 0.25) is 0 Å². The molecule has 0 aliphatic heterocycles. The van der Waals surface area contributed by atoms with Crippen LogP contribution in [0.1, 0.15) is 15.9 Å². The van der Waals surface area contributed by atoms with Crippen LogP contribution in [0.4, 0.5) is 5.69 Å². The normalized spacial score (nSPS) is 10.3. The second kappa shape index (κ2) is 10.7. The Balaban J connectivity index is 1.53. The SMILES string of the molecule is O=C(NC(=S)Nc1ccc(I)cc1)c1ccc(OCCc2ccccc2)c(Br)c1. The van der Waals surface area contributed by atoms with Gasteiger partial charge in [-0.25, -0.2) is 0 Å². The Labute approximate surface area is 197 Å². The van der Waals surface area contributed by atoms with Crippen molar-refractivity contribution in [1.82, 2.24) is 5.32 Å². The molecule has 0 atom stereocenters. The molecule has 29 heavy (non-hydrogen) atoms. The fourth-order valence-electron chi connectivity index (χ4n) is 2.55. The first-order valence-electron chi connectivity index (χ1n) is 8.85. The van der Waals surface area contributed by atoms with Gasteiger partial charge in [-0.1, -0.05) is 30.3 Å². The molecular weight excluding hydrogens is 563 g/mol. The lowest BCUT2D eigenvalue weighted by molar-refractivity contribution is 0.0977. The van der Waals surface area contributed by atoms with E-state index in [-0.39, 0.29) is 11.0 Å². The summed E-state index contributed by atoms with van der Waals surface area (Å²) in [6.45, 7) is 0.554. The van der Waals surface area contributed by atoms with Crippen molar-refractivity contribution in [3.63, 3.8) is 0 Å². The van der Waals surface area contributed by atoms with E-state index in [4.69, 9.17) is 17.0 Å². The van der Waals surface area contributed by atoms with Crippen LogP contribution in [0.5, 0.6) is 5.75 Å². The molecule has 0 radical (unpaired) electrons. The maximum Gasteiger partial charge on any atom is 0.257 e. The molecule has 0 aliphatic carbocycles. The Kier molecular flexibility index (Phi) is 8.02. The van der Waals surface area contributed by atoms with Crippen LogP contribution < -0.4 is 15.4 Å². The number of ether oxygens (including phenoxy) is 1. The fourth-order valence-corrected chi connectivity index (χ4v) is 3.62. The summed E-state index contributed by atoms with van der Waals surface area (Å²) in [6, 6.07) is 23.1. The largest absolute Gasteiger partial charge is 0.492 e. The molecule has 0 aliphatic rings. The number of nitrogens with one attached hydrogen (secondary N) is 2. The molecule has 0 unspecified atom stereocenters. The van der Waals surface area contributed by atoms with Crippen molar-refractivity contribution in [2.45, 2.75) is 6.42 Å². The number of carbonyl (C=O) groups is 1. The van der Waals surface area contributed by atoms with Crippen molar-refractivity contribution >= 4 is 67.4 Å². The third kappa shape index (κ3) is 6.80. The lowest BCUT2D eigenvalue weighted by atomic mass is 10.2. The van der Waals surface area contributed by atoms with Gasteiger partial charge in [0, 0.05) is 21.2 Å². The Bertz CT molecular complexity index is 997. The maximum absolute atomic E-state index is 12.5. The van der Waals surface area contributed by atoms with E-state index in [1.54, 1.807) is 18.2 Å². The molecule has 7 heteroatoms. The van der Waals surface area contributed by atoms with Crippen LogP contribution in [-0.4, -0.2) is 17.6 Å². The van der Waals surface area contributed by atoms with Crippen LogP contribution in [0, 0.1) is 3.57 Å². The van der Waals surface area contributed by atoms with E-state index in [2.05, 4.69) is 61.3 Å². The highest BCUT2D eigenvalue weighted by Gasteiger charge is 2.11. The van der Waals surface area contributed by atoms with Crippen molar-refractivity contribution in [3.8, 4) is 5.75 Å². The summed E-state index contributed by atoms with van der Waals surface area (Å²) in [4.78, 5) is 12.5. The molecule has 0 heterocycles. The average Bonchev–Trinajstić information content (AvgIpc) is 2.71. The van der Waals surface area contributed by atoms with E-state index in [9.17, 15) is 4.79 Å². The van der Waals surface area contributed by atoms with E-state index in [1.165, 1.54) is 5.56 Å². The molecule has 0 saturated carbocycles. The second-order valence-electron chi connectivity index (χ2n) is 6.14. The van der Waals surface area contributed by atoms with Gasteiger partial charge < -0.3 is 10.1 Å². The number of benzene rings is 3. The van der Waals surface area contributed by atoms with E-state index in [0.29, 0.717) is 17.9 Å². The molecule has 0 bridgehead atoms. The number of rotatable bonds is 6. The van der Waals surface area contributed by atoms with Gasteiger partial charge in [0.15, 0.2) is 5.11 Å². The third-order valence-electron chi connectivity index (χ3n) is 4.01. The van der Waals surface area contributed by atoms with Crippen LogP contribution in [0.25, 0.3) is 0 Å². The number of anilines is 1. The van der Waals surface area contributed by atoms with E-state index < -0.39 is 0 Å². The number of halogens is 2. The zero-order chi connectivity index (χ0) is 20.6. The molecule has 1 amide bonds. The van der Waals surface area contributed by atoms with Crippen molar-refractivity contribution in [1.29, 1.82) is 0 Å². The minimum atomic E-state index is -0.287. The fraction of sp³-hybridized carbons (Fsp3) is 0.0909. The van der Waals surface area contributed by atoms with Gasteiger partial charge in [0.1, 0.15) is 5.75 Å². The Morgan fingerprint density at radius 2 is 1.76 bits per heavy atom. The van der Waals surface area contributed by atoms with Crippen LogP contribution in [0.3, 0.4) is 0 Å². The highest BCUT2D eigenvalue weighted by molar-refractivity contribution is 14.1. The lowest BCUT2D eigenvalue weighted by Gasteiger charge is -2.12. The van der Waals surface area contributed by atoms with Gasteiger partial charge in [-0.05, 0) is 98.8 Å². The second-order valence-corrected chi connectivity index (χ2v) is 8.65. The number of carbonyl (C=O) groups excluding carboxylic acids is 1. The summed E-state index contributed by atoms with van der Waals surface area (Å²) < 4.78 is 7.67. The number of amides is 1. The summed E-state index contributed by atoms with van der Waals surface area (Å²) in [5.41, 5.74) is 2.52. The van der Waals surface area contributed by atoms with Crippen molar-refractivity contribution in [2.75, 3.05) is 11.9 Å². The van der Waals surface area contributed by atoms with Gasteiger partial charge in [-0.15, -0.1) is 0 Å². The van der Waals surface area contributed by atoms with E-state index in [1.807, 2.05) is 42.5 Å². The Hall–Kier alpha value is -1.97. The minimum Gasteiger partial charge on any atom is -0.492 e. The maximum atomic E-state index is 12.5. The van der Waals surface area contributed by atoms with E-state index >= 15 is 0 Å². The zero-order valence-corrected chi connectivity index (χ0v) is 19.9. The minimum absolute atomic E-state index is 0.246. The molecule has 0 saturated heterocycles. The first-order chi connectivity index (χ1) is 14.0. The molecular formula is C22H18BrIN2O2S. The van der Waals surface area contributed by atoms with E-state index in [0.717, 1.165) is 20.2 Å². The molecule has 0 fully saturated rings. The summed E-state index contributed by atoms with van der Waals surface area (Å²) in [5, 5.41) is 5.93. The smallest absolute Gasteiger partial charge is 0.257 e. The molecule has 0 spiro atoms. The Morgan fingerprint density at radius 3 is 2.45 bits per heavy atom. The molecule has 2 N–H and O–H groups in total. The molecule has 4 nitrogen and oxygen atoms in total. The first-order valence-corrected chi connectivity index (χ1v) is 11.1. The number of thiocarbonyl (C=S) groups is 1. The quantitative estimate of drug-likeness (QED) is 0.286. The van der Waals surface area contributed by atoms with Crippen LogP contribution >= 0.6 is 50.7 Å². The topological polar surface area (TPSA) is 50.4 Å². The summed E-state index contributed by atoms with van der Waals surface area (Å²) in [5.74, 6) is 0.404. The molecule has 3 aromatic rings. The van der Waals surface area contributed by atoms with Crippen molar-refractivity contribution in [2.24, 2.45) is 0 Å². The molecule has 0 aromatic heterocycles. The predicted molar refractivity (Wildman–Crippen MR) is 133 cm³/mol. The summed E-state index contributed by atoms with van der Waals surface area (Å²) in [7, 11) is 0. The highest BCUT2D eigenvalue weighted by atomic mass is 127. The van der Waals surface area contributed by atoms with Gasteiger partial charge in [0.05, 0.1) is 11.1 Å². The average molecular weight is 581 g/mol. The third-order valence-corrected chi connectivity index (χ3v) is 5.56. The van der Waals surface area contributed by atoms with Gasteiger partial charge >= 0.3 is 0 Å². The molecule has 3 aromatic carbocycles. The van der Waals surface area contributed by atoms with Gasteiger partial charge in [-0.2, -0.15) is 0 Å². The van der Waals surface area contributed by atoms with Gasteiger partial charge in [-0.3, -0.25) is 10.1 Å². The standard InChI is InChI=1S/C22H18BrIN2O2S/c23-19-14-16(6-11-20(19)28-13-12-15-4-2-1-3-5-15)21(27)26-22(29)25-18-9-7-17(24)8-10-18/h1-11,14H,12-13H2,(H2,25,26,27,29). The zero-order valence-electron chi connectivity index (χ0n) is 15.3. The predicted octanol–water partition coefficient (Wildman–Crippen LogP) is 5.80. The summed E-state index contributed by atoms with van der Waals surface area (Å²) >= 11 is 10.9. The van der Waals surface area contributed by atoms with Gasteiger partial charge in [0.2, 0.25) is 0 Å². The lowest BCUT2D eigenvalue weighted by Crippen LogP contribution is -2.34. The monoisotopic (exact) mass is 580 g/mol. The van der Waals surface area contributed by atoms with Crippen molar-refractivity contribution in [3.05, 3.63) is 92.0 Å². The first kappa shape index (κ1) is 21.7. The van der Waals surface area contributed by atoms with Gasteiger partial charge in [0.25, 0.3) is 5.91 Å². The number of hydrogen-bond donors (Lipinski definition) is 2. The molecule has 148 valence electrons. The molecule has 3 rings (SSSR count). The van der Waals surface area contributed by atoms with Crippen LogP contribution in [-0.2, 0) is 6.42 Å². The van der Waals surface area contributed by atoms with Crippen molar-refractivity contribution < 1.29 is 9.53 Å². The number of hydrogen-bond acceptors (Lipinski definition) is 3. The Morgan fingerprint density at radius 1 is 1.03 bits per heavy atom. The van der Waals surface area contributed by atoms with Crippen LogP contribution in [0.15, 0.2) is 77.3 Å². The highest BCUT2D eigenvalue weighted by Crippen LogP contribution is 2.26. The summed E-state index contributed by atoms with van der Waals surface area (Å²) in [6.07, 6.45) is 0.813.